The van der Waals surface area contributed by atoms with E-state index in [0.29, 0.717) is 0 Å². The van der Waals surface area contributed by atoms with Crippen LogP contribution in [0.25, 0.3) is 0 Å². The van der Waals surface area contributed by atoms with Crippen LogP contribution in [-0.2, 0) is 4.79 Å². The fraction of sp³-hybridized carbons (Fsp3) is 0.818. The Bertz CT molecular complexity index is 228. The lowest BCUT2D eigenvalue weighted by atomic mass is 9.94. The van der Waals surface area contributed by atoms with Gasteiger partial charge in [0.05, 0.1) is 6.07 Å². The number of carbonyl (C=O) groups excluding carboxylic acids is 1. The summed E-state index contributed by atoms with van der Waals surface area (Å²) < 4.78 is 0. The SMILES string of the molecule is CCCC(CC)NC(=O)C(C)(C)C#N. The van der Waals surface area contributed by atoms with Crippen molar-refractivity contribution in [3.8, 4) is 6.07 Å². The predicted molar refractivity (Wildman–Crippen MR) is 56.5 cm³/mol. The van der Waals surface area contributed by atoms with Gasteiger partial charge in [0.15, 0.2) is 0 Å². The van der Waals surface area contributed by atoms with Crippen LogP contribution in [0.5, 0.6) is 0 Å². The van der Waals surface area contributed by atoms with E-state index in [-0.39, 0.29) is 11.9 Å². The molecule has 0 aromatic carbocycles. The molecule has 0 fully saturated rings. The Labute approximate surface area is 86.5 Å². The van der Waals surface area contributed by atoms with Gasteiger partial charge in [-0.1, -0.05) is 20.3 Å². The highest BCUT2D eigenvalue weighted by Gasteiger charge is 2.28. The van der Waals surface area contributed by atoms with E-state index < -0.39 is 5.41 Å². The Kier molecular flexibility index (Phi) is 5.22. The standard InChI is InChI=1S/C11H20N2O/c1-5-7-9(6-2)13-10(14)11(3,4)8-12/h9H,5-7H2,1-4H3,(H,13,14). The van der Waals surface area contributed by atoms with E-state index in [0.717, 1.165) is 19.3 Å². The zero-order valence-corrected chi connectivity index (χ0v) is 9.55. The van der Waals surface area contributed by atoms with Crippen LogP contribution in [0, 0.1) is 16.7 Å². The molecule has 1 amide bonds. The minimum atomic E-state index is -0.916. The van der Waals surface area contributed by atoms with Crippen LogP contribution in [-0.4, -0.2) is 11.9 Å². The van der Waals surface area contributed by atoms with E-state index in [1.165, 1.54) is 0 Å². The molecule has 0 radical (unpaired) electrons. The summed E-state index contributed by atoms with van der Waals surface area (Å²) in [5, 5.41) is 11.7. The third-order valence-corrected chi connectivity index (χ3v) is 2.31. The van der Waals surface area contributed by atoms with E-state index in [1.807, 2.05) is 13.0 Å². The molecular formula is C11H20N2O. The number of carbonyl (C=O) groups is 1. The van der Waals surface area contributed by atoms with Crippen molar-refractivity contribution in [2.45, 2.75) is 53.0 Å². The molecule has 1 unspecified atom stereocenters. The smallest absolute Gasteiger partial charge is 0.240 e. The fourth-order valence-corrected chi connectivity index (χ4v) is 1.14. The lowest BCUT2D eigenvalue weighted by Crippen LogP contribution is -2.42. The molecule has 0 aliphatic heterocycles. The second kappa shape index (κ2) is 5.64. The lowest BCUT2D eigenvalue weighted by Gasteiger charge is -2.21. The topological polar surface area (TPSA) is 52.9 Å². The third kappa shape index (κ3) is 3.78. The van der Waals surface area contributed by atoms with E-state index >= 15 is 0 Å². The normalized spacial score (nSPS) is 13.1. The highest BCUT2D eigenvalue weighted by atomic mass is 16.2. The zero-order valence-electron chi connectivity index (χ0n) is 9.55. The van der Waals surface area contributed by atoms with Crippen LogP contribution in [0.4, 0.5) is 0 Å². The van der Waals surface area contributed by atoms with Crippen molar-refractivity contribution in [3.63, 3.8) is 0 Å². The van der Waals surface area contributed by atoms with Gasteiger partial charge in [0, 0.05) is 6.04 Å². The van der Waals surface area contributed by atoms with Crippen LogP contribution < -0.4 is 5.32 Å². The van der Waals surface area contributed by atoms with E-state index in [9.17, 15) is 4.79 Å². The van der Waals surface area contributed by atoms with Gasteiger partial charge in [-0.3, -0.25) is 4.79 Å². The summed E-state index contributed by atoms with van der Waals surface area (Å²) in [4.78, 5) is 11.6. The third-order valence-electron chi connectivity index (χ3n) is 2.31. The summed E-state index contributed by atoms with van der Waals surface area (Å²) in [6, 6.07) is 2.21. The van der Waals surface area contributed by atoms with E-state index in [4.69, 9.17) is 5.26 Å². The first-order valence-corrected chi connectivity index (χ1v) is 5.20. The lowest BCUT2D eigenvalue weighted by molar-refractivity contribution is -0.127. The summed E-state index contributed by atoms with van der Waals surface area (Å²) in [5.74, 6) is -0.166. The van der Waals surface area contributed by atoms with Gasteiger partial charge in [0.25, 0.3) is 0 Å². The Morgan fingerprint density at radius 1 is 1.50 bits per heavy atom. The summed E-state index contributed by atoms with van der Waals surface area (Å²) in [6.07, 6.45) is 2.94. The molecule has 0 bridgehead atoms. The van der Waals surface area contributed by atoms with Gasteiger partial charge in [0.2, 0.25) is 5.91 Å². The van der Waals surface area contributed by atoms with E-state index in [1.54, 1.807) is 13.8 Å². The quantitative estimate of drug-likeness (QED) is 0.733. The number of rotatable bonds is 5. The summed E-state index contributed by atoms with van der Waals surface area (Å²) in [7, 11) is 0. The molecule has 80 valence electrons. The summed E-state index contributed by atoms with van der Waals surface area (Å²) in [5.41, 5.74) is -0.916. The van der Waals surface area contributed by atoms with Crippen LogP contribution in [0.2, 0.25) is 0 Å². The molecule has 1 atom stereocenters. The zero-order chi connectivity index (χ0) is 11.2. The Hall–Kier alpha value is -1.04. The first-order chi connectivity index (χ1) is 6.47. The molecule has 0 spiro atoms. The van der Waals surface area contributed by atoms with Crippen molar-refractivity contribution in [1.82, 2.24) is 5.32 Å². The number of nitrogens with zero attached hydrogens (tertiary/aromatic N) is 1. The number of amides is 1. The molecular weight excluding hydrogens is 176 g/mol. The number of nitriles is 1. The van der Waals surface area contributed by atoms with Crippen molar-refractivity contribution in [1.29, 1.82) is 5.26 Å². The molecule has 0 aromatic heterocycles. The summed E-state index contributed by atoms with van der Waals surface area (Å²) >= 11 is 0. The molecule has 3 heteroatoms. The maximum absolute atomic E-state index is 11.6. The van der Waals surface area contributed by atoms with Crippen molar-refractivity contribution in [3.05, 3.63) is 0 Å². The van der Waals surface area contributed by atoms with Crippen LogP contribution in [0.3, 0.4) is 0 Å². The molecule has 0 saturated heterocycles. The van der Waals surface area contributed by atoms with Crippen molar-refractivity contribution in [2.24, 2.45) is 5.41 Å². The largest absolute Gasteiger partial charge is 0.352 e. The van der Waals surface area contributed by atoms with Crippen molar-refractivity contribution < 1.29 is 4.79 Å². The average molecular weight is 196 g/mol. The molecule has 14 heavy (non-hydrogen) atoms. The molecule has 0 heterocycles. The average Bonchev–Trinajstić information content (AvgIpc) is 2.16. The number of nitrogens with one attached hydrogen (secondary N) is 1. The highest BCUT2D eigenvalue weighted by Crippen LogP contribution is 2.14. The van der Waals surface area contributed by atoms with Crippen LogP contribution in [0.15, 0.2) is 0 Å². The minimum absolute atomic E-state index is 0.166. The van der Waals surface area contributed by atoms with Crippen molar-refractivity contribution in [2.75, 3.05) is 0 Å². The van der Waals surface area contributed by atoms with Crippen molar-refractivity contribution >= 4 is 5.91 Å². The van der Waals surface area contributed by atoms with Gasteiger partial charge in [-0.25, -0.2) is 0 Å². The molecule has 1 N–H and O–H groups in total. The fourth-order valence-electron chi connectivity index (χ4n) is 1.14. The first kappa shape index (κ1) is 13.0. The molecule has 0 rings (SSSR count). The van der Waals surface area contributed by atoms with Gasteiger partial charge >= 0.3 is 0 Å². The second-order valence-electron chi connectivity index (χ2n) is 4.10. The molecule has 0 aromatic rings. The maximum atomic E-state index is 11.6. The van der Waals surface area contributed by atoms with Crippen LogP contribution in [0.1, 0.15) is 47.0 Å². The molecule has 0 aliphatic rings. The van der Waals surface area contributed by atoms with Gasteiger partial charge in [0.1, 0.15) is 5.41 Å². The highest BCUT2D eigenvalue weighted by molar-refractivity contribution is 5.84. The Balaban J connectivity index is 4.24. The summed E-state index contributed by atoms with van der Waals surface area (Å²) in [6.45, 7) is 7.41. The van der Waals surface area contributed by atoms with Gasteiger partial charge in [-0.2, -0.15) is 5.26 Å². The molecule has 0 aliphatic carbocycles. The van der Waals surface area contributed by atoms with Gasteiger partial charge < -0.3 is 5.32 Å². The molecule has 3 nitrogen and oxygen atoms in total. The number of hydrogen-bond donors (Lipinski definition) is 1. The minimum Gasteiger partial charge on any atom is -0.352 e. The predicted octanol–water partition coefficient (Wildman–Crippen LogP) is 2.23. The van der Waals surface area contributed by atoms with E-state index in [2.05, 4.69) is 12.2 Å². The Morgan fingerprint density at radius 3 is 2.43 bits per heavy atom. The maximum Gasteiger partial charge on any atom is 0.240 e. The Morgan fingerprint density at radius 2 is 2.07 bits per heavy atom. The number of hydrogen-bond acceptors (Lipinski definition) is 2. The second-order valence-corrected chi connectivity index (χ2v) is 4.10. The van der Waals surface area contributed by atoms with Gasteiger partial charge in [-0.05, 0) is 26.7 Å². The van der Waals surface area contributed by atoms with Crippen LogP contribution >= 0.6 is 0 Å². The first-order valence-electron chi connectivity index (χ1n) is 5.20. The molecule has 0 saturated carbocycles. The van der Waals surface area contributed by atoms with Gasteiger partial charge in [-0.15, -0.1) is 0 Å². The monoisotopic (exact) mass is 196 g/mol.